The molecule has 0 aromatic heterocycles. The van der Waals surface area contributed by atoms with E-state index in [1.165, 1.54) is 0 Å². The van der Waals surface area contributed by atoms with Crippen LogP contribution in [0.1, 0.15) is 19.8 Å². The summed E-state index contributed by atoms with van der Waals surface area (Å²) in [7, 11) is 0. The maximum absolute atomic E-state index is 6.00. The largest absolute Gasteiger partial charge is 0.361 e. The molecule has 0 spiro atoms. The first-order valence-electron chi connectivity index (χ1n) is 6.44. The van der Waals surface area contributed by atoms with Gasteiger partial charge in [-0.3, -0.25) is 0 Å². The van der Waals surface area contributed by atoms with Crippen LogP contribution in [0.4, 0.5) is 0 Å². The molecule has 8 N–H and O–H groups in total. The van der Waals surface area contributed by atoms with E-state index in [1.807, 2.05) is 6.92 Å². The molecule has 7 atom stereocenters. The minimum atomic E-state index is -0.530. The highest BCUT2D eigenvalue weighted by molar-refractivity contribution is 4.95. The fourth-order valence-corrected chi connectivity index (χ4v) is 2.31. The summed E-state index contributed by atoms with van der Waals surface area (Å²) < 4.78 is 16.8. The van der Waals surface area contributed by atoms with E-state index >= 15 is 0 Å². The Bertz CT molecular complexity index is 273. The molecule has 0 saturated carbocycles. The Labute approximate surface area is 107 Å². The highest BCUT2D eigenvalue weighted by Gasteiger charge is 2.40. The van der Waals surface area contributed by atoms with Crippen molar-refractivity contribution in [2.75, 3.05) is 6.61 Å². The van der Waals surface area contributed by atoms with Gasteiger partial charge >= 0.3 is 0 Å². The van der Waals surface area contributed by atoms with Crippen molar-refractivity contribution in [1.82, 2.24) is 0 Å². The highest BCUT2D eigenvalue weighted by Crippen LogP contribution is 2.22. The fraction of sp³-hybridized carbons (Fsp3) is 1.00. The van der Waals surface area contributed by atoms with E-state index in [-0.39, 0.29) is 30.5 Å². The van der Waals surface area contributed by atoms with Crippen molar-refractivity contribution >= 4 is 0 Å². The molecule has 2 saturated heterocycles. The van der Waals surface area contributed by atoms with Crippen LogP contribution in [-0.4, -0.2) is 49.5 Å². The third-order valence-electron chi connectivity index (χ3n) is 3.69. The average molecular weight is 260 g/mol. The second-order valence-corrected chi connectivity index (χ2v) is 5.15. The standard InChI is InChI=1S/C11H24N4O3/c1-5-8(13)9(14)10(15)11(17-5)18-6-2-3-7(12)16-4-6/h5-11H,2-4,12-15H2,1H3. The van der Waals surface area contributed by atoms with E-state index in [0.29, 0.717) is 6.61 Å². The first kappa shape index (κ1) is 14.1. The Morgan fingerprint density at radius 1 is 1.00 bits per heavy atom. The van der Waals surface area contributed by atoms with Crippen molar-refractivity contribution in [3.63, 3.8) is 0 Å². The zero-order valence-corrected chi connectivity index (χ0v) is 10.7. The average Bonchev–Trinajstić information content (AvgIpc) is 2.36. The van der Waals surface area contributed by atoms with Gasteiger partial charge in [0.25, 0.3) is 0 Å². The lowest BCUT2D eigenvalue weighted by molar-refractivity contribution is -0.242. The summed E-state index contributed by atoms with van der Waals surface area (Å²) in [6.07, 6.45) is 0.668. The zero-order chi connectivity index (χ0) is 13.3. The quantitative estimate of drug-likeness (QED) is 0.460. The SMILES string of the molecule is CC1OC(OC2CCC(N)OC2)C(N)C(N)C1N. The molecule has 0 bridgehead atoms. The number of rotatable bonds is 2. The third-order valence-corrected chi connectivity index (χ3v) is 3.69. The molecular weight excluding hydrogens is 236 g/mol. The van der Waals surface area contributed by atoms with E-state index in [9.17, 15) is 0 Å². The maximum Gasteiger partial charge on any atom is 0.175 e. The topological polar surface area (TPSA) is 132 Å². The molecule has 7 heteroatoms. The lowest BCUT2D eigenvalue weighted by Crippen LogP contribution is -2.67. The van der Waals surface area contributed by atoms with Crippen LogP contribution in [0.2, 0.25) is 0 Å². The van der Waals surface area contributed by atoms with Crippen molar-refractivity contribution in [2.45, 2.75) is 62.6 Å². The van der Waals surface area contributed by atoms with Gasteiger partial charge in [-0.1, -0.05) is 0 Å². The summed E-state index contributed by atoms with van der Waals surface area (Å²) in [4.78, 5) is 0. The van der Waals surface area contributed by atoms with Gasteiger partial charge in [0.05, 0.1) is 24.9 Å². The minimum absolute atomic E-state index is 0.0467. The molecule has 0 amide bonds. The zero-order valence-electron chi connectivity index (χ0n) is 10.7. The van der Waals surface area contributed by atoms with E-state index in [4.69, 9.17) is 37.1 Å². The van der Waals surface area contributed by atoms with Gasteiger partial charge in [-0.25, -0.2) is 0 Å². The first-order chi connectivity index (χ1) is 8.49. The summed E-state index contributed by atoms with van der Waals surface area (Å²) in [5.41, 5.74) is 23.5. The monoisotopic (exact) mass is 260 g/mol. The number of ether oxygens (including phenoxy) is 3. The van der Waals surface area contributed by atoms with Gasteiger partial charge in [-0.15, -0.1) is 0 Å². The maximum atomic E-state index is 6.00. The van der Waals surface area contributed by atoms with Crippen LogP contribution in [0.25, 0.3) is 0 Å². The number of nitrogens with two attached hydrogens (primary N) is 4. The van der Waals surface area contributed by atoms with Crippen molar-refractivity contribution in [3.8, 4) is 0 Å². The molecule has 0 aromatic carbocycles. The lowest BCUT2D eigenvalue weighted by Gasteiger charge is -2.43. The van der Waals surface area contributed by atoms with E-state index in [0.717, 1.165) is 12.8 Å². The predicted molar refractivity (Wildman–Crippen MR) is 66.3 cm³/mol. The summed E-state index contributed by atoms with van der Waals surface area (Å²) >= 11 is 0. The minimum Gasteiger partial charge on any atom is -0.361 e. The van der Waals surface area contributed by atoms with Crippen LogP contribution in [0.5, 0.6) is 0 Å². The molecule has 2 aliphatic heterocycles. The molecule has 18 heavy (non-hydrogen) atoms. The number of hydrogen-bond acceptors (Lipinski definition) is 7. The van der Waals surface area contributed by atoms with Crippen LogP contribution < -0.4 is 22.9 Å². The van der Waals surface area contributed by atoms with Crippen LogP contribution >= 0.6 is 0 Å². The summed E-state index contributed by atoms with van der Waals surface area (Å²) in [6, 6.07) is -1.02. The molecule has 2 rings (SSSR count). The van der Waals surface area contributed by atoms with Gasteiger partial charge in [0, 0.05) is 12.1 Å². The predicted octanol–water partition coefficient (Wildman–Crippen LogP) is -1.81. The van der Waals surface area contributed by atoms with E-state index in [1.54, 1.807) is 0 Å². The number of hydrogen-bond donors (Lipinski definition) is 4. The van der Waals surface area contributed by atoms with Gasteiger partial charge in [-0.05, 0) is 19.8 Å². The molecule has 0 aromatic rings. The van der Waals surface area contributed by atoms with Gasteiger partial charge in [-0.2, -0.15) is 0 Å². The Morgan fingerprint density at radius 2 is 1.72 bits per heavy atom. The van der Waals surface area contributed by atoms with Gasteiger partial charge in [0.2, 0.25) is 0 Å². The molecule has 7 nitrogen and oxygen atoms in total. The first-order valence-corrected chi connectivity index (χ1v) is 6.44. The molecule has 2 fully saturated rings. The van der Waals surface area contributed by atoms with Crippen LogP contribution in [0.15, 0.2) is 0 Å². The Morgan fingerprint density at radius 3 is 2.33 bits per heavy atom. The van der Waals surface area contributed by atoms with Crippen molar-refractivity contribution < 1.29 is 14.2 Å². The second-order valence-electron chi connectivity index (χ2n) is 5.15. The molecule has 106 valence electrons. The van der Waals surface area contributed by atoms with Gasteiger partial charge in [0.15, 0.2) is 6.29 Å². The lowest BCUT2D eigenvalue weighted by atomic mass is 9.94. The molecule has 0 radical (unpaired) electrons. The van der Waals surface area contributed by atoms with Gasteiger partial charge in [0.1, 0.15) is 6.23 Å². The molecule has 7 unspecified atom stereocenters. The fourth-order valence-electron chi connectivity index (χ4n) is 2.31. The van der Waals surface area contributed by atoms with Crippen molar-refractivity contribution in [2.24, 2.45) is 22.9 Å². The van der Waals surface area contributed by atoms with Crippen LogP contribution in [-0.2, 0) is 14.2 Å². The van der Waals surface area contributed by atoms with Crippen molar-refractivity contribution in [3.05, 3.63) is 0 Å². The normalized spacial score (nSPS) is 50.2. The van der Waals surface area contributed by atoms with Crippen LogP contribution in [0, 0.1) is 0 Å². The Hall–Kier alpha value is -0.280. The molecule has 2 aliphatic rings. The smallest absolute Gasteiger partial charge is 0.175 e. The summed E-state index contributed by atoms with van der Waals surface area (Å²) in [5, 5.41) is 0. The van der Waals surface area contributed by atoms with E-state index in [2.05, 4.69) is 0 Å². The third kappa shape index (κ3) is 3.00. The van der Waals surface area contributed by atoms with E-state index < -0.39 is 12.3 Å². The Balaban J connectivity index is 1.88. The molecule has 2 heterocycles. The van der Waals surface area contributed by atoms with Crippen molar-refractivity contribution in [1.29, 1.82) is 0 Å². The van der Waals surface area contributed by atoms with Gasteiger partial charge < -0.3 is 37.1 Å². The summed E-state index contributed by atoms with van der Waals surface area (Å²) in [6.45, 7) is 2.34. The second kappa shape index (κ2) is 5.79. The summed E-state index contributed by atoms with van der Waals surface area (Å²) in [5.74, 6) is 0. The Kier molecular flexibility index (Phi) is 4.54. The highest BCUT2D eigenvalue weighted by atomic mass is 16.7. The molecular formula is C11H24N4O3. The molecule has 0 aliphatic carbocycles. The van der Waals surface area contributed by atoms with Crippen LogP contribution in [0.3, 0.4) is 0 Å².